The number of nitrogens with one attached hydrogen (secondary N) is 1. The predicted octanol–water partition coefficient (Wildman–Crippen LogP) is 2.99. The number of ether oxygens (including phenoxy) is 1. The van der Waals surface area contributed by atoms with Crippen LogP contribution < -0.4 is 4.90 Å². The van der Waals surface area contributed by atoms with E-state index in [1.807, 2.05) is 12.1 Å². The van der Waals surface area contributed by atoms with Crippen LogP contribution in [0.1, 0.15) is 46.6 Å². The zero-order chi connectivity index (χ0) is 17.2. The van der Waals surface area contributed by atoms with E-state index in [9.17, 15) is 4.79 Å². The van der Waals surface area contributed by atoms with Crippen LogP contribution >= 0.6 is 11.3 Å². The van der Waals surface area contributed by atoms with E-state index in [1.54, 1.807) is 17.4 Å². The molecule has 2 atom stereocenters. The van der Waals surface area contributed by atoms with E-state index in [-0.39, 0.29) is 5.76 Å². The number of nitrogens with zero attached hydrogens (tertiary/aromatic N) is 1. The molecule has 25 heavy (non-hydrogen) atoms. The first-order chi connectivity index (χ1) is 12.2. The number of rotatable bonds is 4. The van der Waals surface area contributed by atoms with Gasteiger partial charge in [-0.2, -0.15) is 0 Å². The number of furan rings is 1. The zero-order valence-corrected chi connectivity index (χ0v) is 15.0. The molecule has 1 fully saturated rings. The normalized spacial score (nSPS) is 20.7. The lowest BCUT2D eigenvalue weighted by Crippen LogP contribution is -3.11. The second kappa shape index (κ2) is 6.98. The molecular weight excluding hydrogens is 336 g/mol. The van der Waals surface area contributed by atoms with Crippen molar-refractivity contribution >= 4 is 27.5 Å². The minimum absolute atomic E-state index is 0.269. The van der Waals surface area contributed by atoms with Gasteiger partial charge >= 0.3 is 5.97 Å². The quantitative estimate of drug-likeness (QED) is 0.730. The van der Waals surface area contributed by atoms with Gasteiger partial charge in [-0.15, -0.1) is 11.3 Å². The first kappa shape index (κ1) is 16.3. The molecule has 0 aliphatic carbocycles. The zero-order valence-electron chi connectivity index (χ0n) is 14.2. The molecule has 2 aromatic heterocycles. The standard InChI is InChI=1S/C19H20N2O3S/c1-23-19(22)16-10-9-13(24-16)12-21-11-5-4-7-15(21)18-20-14-6-2-3-8-17(14)25-18/h2-3,6,8-10,15H,4-5,7,11-12H2,1H3/p+1/t15-/m1/s1. The monoisotopic (exact) mass is 357 g/mol. The molecule has 1 aliphatic heterocycles. The second-order valence-corrected chi connectivity index (χ2v) is 7.47. The van der Waals surface area contributed by atoms with Gasteiger partial charge in [-0.1, -0.05) is 12.1 Å². The van der Waals surface area contributed by atoms with Crippen molar-refractivity contribution in [3.63, 3.8) is 0 Å². The summed E-state index contributed by atoms with van der Waals surface area (Å²) in [5.74, 6) is 0.663. The molecule has 1 saturated heterocycles. The molecule has 130 valence electrons. The van der Waals surface area contributed by atoms with E-state index in [1.165, 1.54) is 34.6 Å². The summed E-state index contributed by atoms with van der Waals surface area (Å²) in [7, 11) is 1.36. The molecule has 6 heteroatoms. The number of likely N-dealkylation sites (tertiary alicyclic amines) is 1. The molecule has 0 spiro atoms. The number of piperidine rings is 1. The van der Waals surface area contributed by atoms with Crippen LogP contribution in [0, 0.1) is 0 Å². The lowest BCUT2D eigenvalue weighted by Gasteiger charge is -2.30. The van der Waals surface area contributed by atoms with Crippen LogP contribution in [0.25, 0.3) is 10.2 Å². The Balaban J connectivity index is 1.56. The van der Waals surface area contributed by atoms with Crippen LogP contribution in [0.15, 0.2) is 40.8 Å². The molecule has 4 rings (SSSR count). The molecule has 3 aromatic rings. The van der Waals surface area contributed by atoms with Crippen molar-refractivity contribution in [2.24, 2.45) is 0 Å². The number of quaternary nitrogens is 1. The smallest absolute Gasteiger partial charge is 0.373 e. The number of carbonyl (C=O) groups excluding carboxylic acids is 1. The molecule has 1 N–H and O–H groups in total. The summed E-state index contributed by atoms with van der Waals surface area (Å²) in [4.78, 5) is 17.9. The fraction of sp³-hybridized carbons (Fsp3) is 0.368. The van der Waals surface area contributed by atoms with Crippen molar-refractivity contribution in [2.75, 3.05) is 13.7 Å². The first-order valence-electron chi connectivity index (χ1n) is 8.61. The molecule has 0 saturated carbocycles. The predicted molar refractivity (Wildman–Crippen MR) is 95.8 cm³/mol. The molecule has 1 unspecified atom stereocenters. The number of methoxy groups -OCH3 is 1. The molecule has 1 aliphatic rings. The Morgan fingerprint density at radius 1 is 1.32 bits per heavy atom. The average molecular weight is 357 g/mol. The molecule has 0 radical (unpaired) electrons. The highest BCUT2D eigenvalue weighted by atomic mass is 32.1. The van der Waals surface area contributed by atoms with Crippen LogP contribution in [-0.4, -0.2) is 24.6 Å². The highest BCUT2D eigenvalue weighted by Crippen LogP contribution is 2.28. The van der Waals surface area contributed by atoms with E-state index in [4.69, 9.17) is 14.1 Å². The fourth-order valence-electron chi connectivity index (χ4n) is 3.53. The Bertz CT molecular complexity index is 853. The highest BCUT2D eigenvalue weighted by molar-refractivity contribution is 7.18. The second-order valence-electron chi connectivity index (χ2n) is 6.41. The van der Waals surface area contributed by atoms with Crippen molar-refractivity contribution in [1.82, 2.24) is 4.98 Å². The Morgan fingerprint density at radius 2 is 2.20 bits per heavy atom. The third kappa shape index (κ3) is 3.32. The Labute approximate surface area is 150 Å². The summed E-state index contributed by atoms with van der Waals surface area (Å²) in [5, 5.41) is 1.20. The van der Waals surface area contributed by atoms with Crippen molar-refractivity contribution in [3.05, 3.63) is 52.9 Å². The van der Waals surface area contributed by atoms with E-state index in [0.29, 0.717) is 6.04 Å². The third-order valence-corrected chi connectivity index (χ3v) is 5.94. The average Bonchev–Trinajstić information content (AvgIpc) is 3.28. The number of benzene rings is 1. The lowest BCUT2D eigenvalue weighted by atomic mass is 10.0. The topological polar surface area (TPSA) is 56.8 Å². The van der Waals surface area contributed by atoms with Gasteiger partial charge in [-0.3, -0.25) is 0 Å². The van der Waals surface area contributed by atoms with E-state index >= 15 is 0 Å². The van der Waals surface area contributed by atoms with Gasteiger partial charge in [0.05, 0.1) is 23.9 Å². The number of esters is 1. The Hall–Kier alpha value is -2.18. The maximum atomic E-state index is 11.6. The lowest BCUT2D eigenvalue weighted by molar-refractivity contribution is -0.951. The van der Waals surface area contributed by atoms with Crippen LogP contribution in [0.4, 0.5) is 0 Å². The number of hydrogen-bond acceptors (Lipinski definition) is 5. The number of hydrogen-bond donors (Lipinski definition) is 1. The Morgan fingerprint density at radius 3 is 3.04 bits per heavy atom. The summed E-state index contributed by atoms with van der Waals surface area (Å²) >= 11 is 1.80. The van der Waals surface area contributed by atoms with Gasteiger partial charge in [0.15, 0.2) is 10.8 Å². The van der Waals surface area contributed by atoms with Crippen LogP contribution in [-0.2, 0) is 11.3 Å². The summed E-state index contributed by atoms with van der Waals surface area (Å²) < 4.78 is 11.6. The minimum Gasteiger partial charge on any atom is -0.463 e. The first-order valence-corrected chi connectivity index (χ1v) is 9.43. The van der Waals surface area contributed by atoms with Crippen LogP contribution in [0.5, 0.6) is 0 Å². The van der Waals surface area contributed by atoms with E-state index in [2.05, 4.69) is 18.2 Å². The molecule has 0 amide bonds. The largest absolute Gasteiger partial charge is 0.463 e. The van der Waals surface area contributed by atoms with Crippen LogP contribution in [0.3, 0.4) is 0 Å². The van der Waals surface area contributed by atoms with Gasteiger partial charge in [0.2, 0.25) is 5.76 Å². The van der Waals surface area contributed by atoms with Gasteiger partial charge in [0, 0.05) is 6.42 Å². The summed E-state index contributed by atoms with van der Waals surface area (Å²) in [6.07, 6.45) is 3.58. The maximum absolute atomic E-state index is 11.6. The molecule has 1 aromatic carbocycles. The molecule has 3 heterocycles. The summed E-state index contributed by atoms with van der Waals surface area (Å²) in [5.41, 5.74) is 1.08. The number of thiazole rings is 1. The van der Waals surface area contributed by atoms with Gasteiger partial charge in [0.25, 0.3) is 0 Å². The Kier molecular flexibility index (Phi) is 4.55. The van der Waals surface area contributed by atoms with E-state index < -0.39 is 5.97 Å². The van der Waals surface area contributed by atoms with Gasteiger partial charge in [-0.05, 0) is 37.1 Å². The van der Waals surface area contributed by atoms with Gasteiger partial charge < -0.3 is 14.1 Å². The highest BCUT2D eigenvalue weighted by Gasteiger charge is 2.31. The van der Waals surface area contributed by atoms with Gasteiger partial charge in [-0.25, -0.2) is 9.78 Å². The van der Waals surface area contributed by atoms with Crippen molar-refractivity contribution in [2.45, 2.75) is 31.8 Å². The van der Waals surface area contributed by atoms with Gasteiger partial charge in [0.1, 0.15) is 12.6 Å². The molecule has 5 nitrogen and oxygen atoms in total. The number of para-hydroxylation sites is 1. The minimum atomic E-state index is -0.428. The molecule has 0 bridgehead atoms. The number of fused-ring (bicyclic) bond motifs is 1. The SMILES string of the molecule is COC(=O)c1ccc(C[NH+]2CCCC[C@@H]2c2nc3ccccc3s2)o1. The van der Waals surface area contributed by atoms with E-state index in [0.717, 1.165) is 30.8 Å². The van der Waals surface area contributed by atoms with Crippen molar-refractivity contribution in [1.29, 1.82) is 0 Å². The summed E-state index contributed by atoms with van der Waals surface area (Å²) in [6.45, 7) is 1.85. The van der Waals surface area contributed by atoms with Crippen molar-refractivity contribution in [3.8, 4) is 0 Å². The maximum Gasteiger partial charge on any atom is 0.373 e. The van der Waals surface area contributed by atoms with Crippen molar-refractivity contribution < 1.29 is 18.8 Å². The fourth-order valence-corrected chi connectivity index (χ4v) is 4.70. The number of carbonyl (C=O) groups is 1. The third-order valence-electron chi connectivity index (χ3n) is 4.79. The molecular formula is C19H21N2O3S+. The summed E-state index contributed by atoms with van der Waals surface area (Å²) in [6, 6.07) is 12.3. The van der Waals surface area contributed by atoms with Crippen LogP contribution in [0.2, 0.25) is 0 Å². The number of aromatic nitrogens is 1.